The van der Waals surface area contributed by atoms with E-state index in [9.17, 15) is 9.18 Å². The monoisotopic (exact) mass is 366 g/mol. The van der Waals surface area contributed by atoms with Gasteiger partial charge in [-0.25, -0.2) is 9.07 Å². The van der Waals surface area contributed by atoms with Crippen LogP contribution in [0.15, 0.2) is 48.8 Å². The number of Topliss-reactive ketones (excluding diaryl/α,β-unsaturated/α-hetero) is 1. The van der Waals surface area contributed by atoms with Crippen molar-refractivity contribution in [1.29, 1.82) is 0 Å². The highest BCUT2D eigenvalue weighted by Crippen LogP contribution is 2.26. The number of rotatable bonds is 4. The van der Waals surface area contributed by atoms with Crippen LogP contribution < -0.4 is 10.6 Å². The number of anilines is 2. The van der Waals surface area contributed by atoms with Gasteiger partial charge in [0.1, 0.15) is 11.6 Å². The predicted octanol–water partition coefficient (Wildman–Crippen LogP) is 2.48. The topological polar surface area (TPSA) is 89.9 Å². The number of piperidine rings is 1. The first-order chi connectivity index (χ1) is 13.1. The maximum Gasteiger partial charge on any atom is 0.224 e. The van der Waals surface area contributed by atoms with Crippen molar-refractivity contribution in [2.75, 3.05) is 23.7 Å². The second-order valence-corrected chi connectivity index (χ2v) is 6.53. The van der Waals surface area contributed by atoms with E-state index in [2.05, 4.69) is 20.0 Å². The van der Waals surface area contributed by atoms with Gasteiger partial charge in [0.2, 0.25) is 5.95 Å². The SMILES string of the molecule is Nc1nc(N2CCC(C(=O)c3ccc(F)cc3)CC2)cc(-n2cccn2)n1. The Morgan fingerprint density at radius 3 is 2.48 bits per heavy atom. The van der Waals surface area contributed by atoms with Crippen LogP contribution in [0.5, 0.6) is 0 Å². The largest absolute Gasteiger partial charge is 0.368 e. The minimum Gasteiger partial charge on any atom is -0.368 e. The zero-order valence-electron chi connectivity index (χ0n) is 14.6. The molecule has 0 bridgehead atoms. The first-order valence-electron chi connectivity index (χ1n) is 8.79. The number of hydrogen-bond acceptors (Lipinski definition) is 6. The van der Waals surface area contributed by atoms with E-state index in [1.54, 1.807) is 29.2 Å². The summed E-state index contributed by atoms with van der Waals surface area (Å²) in [7, 11) is 0. The Labute approximate surface area is 155 Å². The summed E-state index contributed by atoms with van der Waals surface area (Å²) in [4.78, 5) is 23.3. The van der Waals surface area contributed by atoms with Gasteiger partial charge in [-0.05, 0) is 43.2 Å². The van der Waals surface area contributed by atoms with E-state index in [0.29, 0.717) is 37.3 Å². The van der Waals surface area contributed by atoms with Gasteiger partial charge in [-0.2, -0.15) is 15.1 Å². The molecule has 7 nitrogen and oxygen atoms in total. The van der Waals surface area contributed by atoms with E-state index >= 15 is 0 Å². The molecule has 0 saturated carbocycles. The average Bonchev–Trinajstić information content (AvgIpc) is 3.23. The van der Waals surface area contributed by atoms with Crippen LogP contribution in [-0.2, 0) is 0 Å². The summed E-state index contributed by atoms with van der Waals surface area (Å²) in [5, 5.41) is 4.17. The second kappa shape index (κ2) is 7.14. The highest BCUT2D eigenvalue weighted by molar-refractivity contribution is 5.97. The number of hydrogen-bond donors (Lipinski definition) is 1. The smallest absolute Gasteiger partial charge is 0.224 e. The molecule has 27 heavy (non-hydrogen) atoms. The molecule has 4 rings (SSSR count). The average molecular weight is 366 g/mol. The highest BCUT2D eigenvalue weighted by atomic mass is 19.1. The van der Waals surface area contributed by atoms with Crippen molar-refractivity contribution in [1.82, 2.24) is 19.7 Å². The molecule has 2 aromatic heterocycles. The maximum absolute atomic E-state index is 13.1. The van der Waals surface area contributed by atoms with Gasteiger partial charge in [0.05, 0.1) is 0 Å². The molecule has 1 fully saturated rings. The van der Waals surface area contributed by atoms with Crippen LogP contribution in [0.3, 0.4) is 0 Å². The first-order valence-corrected chi connectivity index (χ1v) is 8.79. The fourth-order valence-corrected chi connectivity index (χ4v) is 3.34. The molecular weight excluding hydrogens is 347 g/mol. The minimum absolute atomic E-state index is 0.0640. The molecule has 0 aliphatic carbocycles. The number of carbonyl (C=O) groups is 1. The summed E-state index contributed by atoms with van der Waals surface area (Å²) in [6, 6.07) is 9.39. The van der Waals surface area contributed by atoms with Crippen molar-refractivity contribution < 1.29 is 9.18 Å². The van der Waals surface area contributed by atoms with E-state index in [4.69, 9.17) is 5.73 Å². The van der Waals surface area contributed by atoms with Crippen molar-refractivity contribution in [3.05, 3.63) is 60.2 Å². The Kier molecular flexibility index (Phi) is 4.53. The Bertz CT molecular complexity index is 933. The number of nitrogens with two attached hydrogens (primary N) is 1. The molecule has 1 aliphatic rings. The summed E-state index contributed by atoms with van der Waals surface area (Å²) in [6.45, 7) is 1.37. The quantitative estimate of drug-likeness (QED) is 0.714. The Hall–Kier alpha value is -3.29. The van der Waals surface area contributed by atoms with E-state index in [-0.39, 0.29) is 23.5 Å². The third-order valence-corrected chi connectivity index (χ3v) is 4.77. The number of aromatic nitrogens is 4. The van der Waals surface area contributed by atoms with Crippen LogP contribution in [0.4, 0.5) is 16.2 Å². The van der Waals surface area contributed by atoms with Crippen molar-refractivity contribution in [2.45, 2.75) is 12.8 Å². The van der Waals surface area contributed by atoms with Crippen LogP contribution >= 0.6 is 0 Å². The Morgan fingerprint density at radius 2 is 1.81 bits per heavy atom. The van der Waals surface area contributed by atoms with Crippen LogP contribution in [0.1, 0.15) is 23.2 Å². The van der Waals surface area contributed by atoms with Gasteiger partial charge in [0.15, 0.2) is 11.6 Å². The van der Waals surface area contributed by atoms with Gasteiger partial charge < -0.3 is 10.6 Å². The molecule has 0 spiro atoms. The molecule has 3 heterocycles. The van der Waals surface area contributed by atoms with Crippen molar-refractivity contribution >= 4 is 17.5 Å². The van der Waals surface area contributed by atoms with Crippen molar-refractivity contribution in [3.63, 3.8) is 0 Å². The predicted molar refractivity (Wildman–Crippen MR) is 99.2 cm³/mol. The lowest BCUT2D eigenvalue weighted by Gasteiger charge is -2.32. The molecule has 1 saturated heterocycles. The number of nitrogens with zero attached hydrogens (tertiary/aromatic N) is 5. The summed E-state index contributed by atoms with van der Waals surface area (Å²) < 4.78 is 14.7. The molecule has 1 aliphatic heterocycles. The fourth-order valence-electron chi connectivity index (χ4n) is 3.34. The van der Waals surface area contributed by atoms with Gasteiger partial charge in [-0.3, -0.25) is 4.79 Å². The Morgan fingerprint density at radius 1 is 1.11 bits per heavy atom. The number of benzene rings is 1. The van der Waals surface area contributed by atoms with Crippen LogP contribution in [0, 0.1) is 11.7 Å². The lowest BCUT2D eigenvalue weighted by atomic mass is 9.89. The standard InChI is InChI=1S/C19H19FN6O/c20-15-4-2-13(3-5-15)18(27)14-6-10-25(11-7-14)16-12-17(24-19(21)23-16)26-9-1-8-22-26/h1-5,8-9,12,14H,6-7,10-11H2,(H2,21,23,24). The van der Waals surface area contributed by atoms with Crippen molar-refractivity contribution in [3.8, 4) is 5.82 Å². The third-order valence-electron chi connectivity index (χ3n) is 4.77. The van der Waals surface area contributed by atoms with Gasteiger partial charge in [0.25, 0.3) is 0 Å². The van der Waals surface area contributed by atoms with Gasteiger partial charge >= 0.3 is 0 Å². The normalized spacial score (nSPS) is 15.1. The molecule has 3 aromatic rings. The van der Waals surface area contributed by atoms with Gasteiger partial charge in [0, 0.05) is 43.0 Å². The molecule has 0 unspecified atom stereocenters. The summed E-state index contributed by atoms with van der Waals surface area (Å²) in [6.07, 6.45) is 4.87. The third kappa shape index (κ3) is 3.64. The lowest BCUT2D eigenvalue weighted by Crippen LogP contribution is -2.37. The first kappa shape index (κ1) is 17.1. The van der Waals surface area contributed by atoms with Crippen LogP contribution in [-0.4, -0.2) is 38.6 Å². The zero-order valence-corrected chi connectivity index (χ0v) is 14.6. The summed E-state index contributed by atoms with van der Waals surface area (Å²) >= 11 is 0. The molecule has 0 atom stereocenters. The highest BCUT2D eigenvalue weighted by Gasteiger charge is 2.27. The number of carbonyl (C=O) groups excluding carboxylic acids is 1. The fraction of sp³-hybridized carbons (Fsp3) is 0.263. The minimum atomic E-state index is -0.337. The molecule has 8 heteroatoms. The zero-order chi connectivity index (χ0) is 18.8. The summed E-state index contributed by atoms with van der Waals surface area (Å²) in [5.74, 6) is 1.16. The van der Waals surface area contributed by atoms with E-state index < -0.39 is 0 Å². The van der Waals surface area contributed by atoms with Gasteiger partial charge in [-0.1, -0.05) is 0 Å². The molecule has 0 radical (unpaired) electrons. The van der Waals surface area contributed by atoms with E-state index in [1.807, 2.05) is 12.1 Å². The Balaban J connectivity index is 1.46. The van der Waals surface area contributed by atoms with Crippen molar-refractivity contribution in [2.24, 2.45) is 5.92 Å². The number of halogens is 1. The lowest BCUT2D eigenvalue weighted by molar-refractivity contribution is 0.0900. The van der Waals surface area contributed by atoms with E-state index in [1.165, 1.54) is 12.1 Å². The van der Waals surface area contributed by atoms with Crippen LogP contribution in [0.25, 0.3) is 5.82 Å². The maximum atomic E-state index is 13.1. The summed E-state index contributed by atoms with van der Waals surface area (Å²) in [5.41, 5.74) is 6.42. The number of nitrogen functional groups attached to an aromatic ring is 1. The van der Waals surface area contributed by atoms with Crippen LogP contribution in [0.2, 0.25) is 0 Å². The number of ketones is 1. The molecule has 138 valence electrons. The molecule has 2 N–H and O–H groups in total. The molecule has 1 aromatic carbocycles. The molecule has 0 amide bonds. The van der Waals surface area contributed by atoms with E-state index in [0.717, 1.165) is 5.82 Å². The second-order valence-electron chi connectivity index (χ2n) is 6.53. The van der Waals surface area contributed by atoms with Gasteiger partial charge in [-0.15, -0.1) is 0 Å². The molecular formula is C19H19FN6O.